The first-order valence-electron chi connectivity index (χ1n) is 9.31. The van der Waals surface area contributed by atoms with Gasteiger partial charge < -0.3 is 9.47 Å². The minimum absolute atomic E-state index is 0.539. The van der Waals surface area contributed by atoms with Crippen molar-refractivity contribution < 1.29 is 9.47 Å². The van der Waals surface area contributed by atoms with Crippen molar-refractivity contribution in [3.8, 4) is 11.5 Å². The molecule has 3 aromatic carbocycles. The number of benzene rings is 3. The Kier molecular flexibility index (Phi) is 6.72. The first kappa shape index (κ1) is 18.1. The number of ether oxygens (including phenoxy) is 2. The first-order chi connectivity index (χ1) is 12.8. The normalized spacial score (nSPS) is 10.5. The van der Waals surface area contributed by atoms with Crippen molar-refractivity contribution >= 4 is 0 Å². The Bertz CT molecular complexity index is 782. The van der Waals surface area contributed by atoms with Gasteiger partial charge in [-0.2, -0.15) is 0 Å². The molecule has 26 heavy (non-hydrogen) atoms. The van der Waals surface area contributed by atoms with Crippen molar-refractivity contribution in [2.24, 2.45) is 0 Å². The fraction of sp³-hybridized carbons (Fsp3) is 0.250. The molecule has 2 heteroatoms. The zero-order chi connectivity index (χ0) is 18.0. The highest BCUT2D eigenvalue weighted by Crippen LogP contribution is 2.30. The van der Waals surface area contributed by atoms with Gasteiger partial charge in [0.2, 0.25) is 0 Å². The summed E-state index contributed by atoms with van der Waals surface area (Å²) in [6.07, 6.45) is 3.44. The van der Waals surface area contributed by atoms with E-state index in [-0.39, 0.29) is 0 Å². The minimum Gasteiger partial charge on any atom is -0.485 e. The SMILES string of the molecule is CCCCc1ccc(OCc2ccccc2)c(OCc2ccccc2)c1. The van der Waals surface area contributed by atoms with Gasteiger partial charge in [-0.25, -0.2) is 0 Å². The summed E-state index contributed by atoms with van der Waals surface area (Å²) in [4.78, 5) is 0. The summed E-state index contributed by atoms with van der Waals surface area (Å²) in [5, 5.41) is 0. The fourth-order valence-electron chi connectivity index (χ4n) is 2.79. The molecule has 3 rings (SSSR count). The van der Waals surface area contributed by atoms with Crippen molar-refractivity contribution in [2.45, 2.75) is 39.4 Å². The van der Waals surface area contributed by atoms with Crippen LogP contribution in [0.15, 0.2) is 78.9 Å². The summed E-state index contributed by atoms with van der Waals surface area (Å²) in [7, 11) is 0. The van der Waals surface area contributed by atoms with Crippen LogP contribution in [-0.2, 0) is 19.6 Å². The molecule has 0 bridgehead atoms. The van der Waals surface area contributed by atoms with Gasteiger partial charge in [0.15, 0.2) is 11.5 Å². The second kappa shape index (κ2) is 9.67. The zero-order valence-electron chi connectivity index (χ0n) is 15.4. The fourth-order valence-corrected chi connectivity index (χ4v) is 2.79. The number of hydrogen-bond acceptors (Lipinski definition) is 2. The van der Waals surface area contributed by atoms with E-state index in [1.807, 2.05) is 42.5 Å². The third-order valence-corrected chi connectivity index (χ3v) is 4.30. The summed E-state index contributed by atoms with van der Waals surface area (Å²) < 4.78 is 12.2. The van der Waals surface area contributed by atoms with E-state index in [1.165, 1.54) is 18.4 Å². The van der Waals surface area contributed by atoms with Crippen LogP contribution in [0.3, 0.4) is 0 Å². The van der Waals surface area contributed by atoms with Gasteiger partial charge in [0.25, 0.3) is 0 Å². The molecule has 0 N–H and O–H groups in total. The third-order valence-electron chi connectivity index (χ3n) is 4.30. The summed E-state index contributed by atoms with van der Waals surface area (Å²) in [5.41, 5.74) is 3.60. The van der Waals surface area contributed by atoms with Gasteiger partial charge in [-0.15, -0.1) is 0 Å². The average molecular weight is 346 g/mol. The van der Waals surface area contributed by atoms with Crippen LogP contribution < -0.4 is 9.47 Å². The third kappa shape index (κ3) is 5.38. The van der Waals surface area contributed by atoms with Crippen LogP contribution in [0.4, 0.5) is 0 Å². The van der Waals surface area contributed by atoms with E-state index in [9.17, 15) is 0 Å². The standard InChI is InChI=1S/C24H26O2/c1-2-3-10-20-15-16-23(25-18-21-11-6-4-7-12-21)24(17-20)26-19-22-13-8-5-9-14-22/h4-9,11-17H,2-3,10,18-19H2,1H3. The zero-order valence-corrected chi connectivity index (χ0v) is 15.4. The van der Waals surface area contributed by atoms with Gasteiger partial charge in [0.05, 0.1) is 0 Å². The van der Waals surface area contributed by atoms with Crippen molar-refractivity contribution in [2.75, 3.05) is 0 Å². The maximum Gasteiger partial charge on any atom is 0.161 e. The second-order valence-corrected chi connectivity index (χ2v) is 6.43. The highest BCUT2D eigenvalue weighted by atomic mass is 16.5. The molecule has 134 valence electrons. The molecule has 0 heterocycles. The Labute approximate surface area is 156 Å². The Morgan fingerprint density at radius 1 is 0.615 bits per heavy atom. The number of rotatable bonds is 9. The van der Waals surface area contributed by atoms with Crippen LogP contribution >= 0.6 is 0 Å². The maximum atomic E-state index is 6.11. The minimum atomic E-state index is 0.539. The first-order valence-corrected chi connectivity index (χ1v) is 9.31. The van der Waals surface area contributed by atoms with E-state index in [0.717, 1.165) is 29.0 Å². The number of aryl methyl sites for hydroxylation is 1. The lowest BCUT2D eigenvalue weighted by Gasteiger charge is -2.14. The molecule has 0 fully saturated rings. The van der Waals surface area contributed by atoms with E-state index in [0.29, 0.717) is 13.2 Å². The lowest BCUT2D eigenvalue weighted by molar-refractivity contribution is 0.255. The van der Waals surface area contributed by atoms with E-state index in [1.54, 1.807) is 0 Å². The Morgan fingerprint density at radius 3 is 1.77 bits per heavy atom. The molecule has 3 aromatic rings. The molecular formula is C24H26O2. The molecule has 0 aliphatic heterocycles. The molecule has 0 atom stereocenters. The van der Waals surface area contributed by atoms with Gasteiger partial charge >= 0.3 is 0 Å². The molecule has 0 aliphatic carbocycles. The summed E-state index contributed by atoms with van der Waals surface area (Å²) in [6, 6.07) is 26.7. The molecule has 0 aliphatic rings. The molecule has 0 saturated carbocycles. The van der Waals surface area contributed by atoms with Gasteiger partial charge in [-0.3, -0.25) is 0 Å². The molecule has 0 spiro atoms. The van der Waals surface area contributed by atoms with Crippen LogP contribution in [0, 0.1) is 0 Å². The molecule has 0 saturated heterocycles. The van der Waals surface area contributed by atoms with Crippen molar-refractivity contribution in [1.29, 1.82) is 0 Å². The van der Waals surface area contributed by atoms with Crippen LogP contribution in [0.5, 0.6) is 11.5 Å². The number of unbranched alkanes of at least 4 members (excludes halogenated alkanes) is 1. The van der Waals surface area contributed by atoms with Gasteiger partial charge in [0, 0.05) is 0 Å². The quantitative estimate of drug-likeness (QED) is 0.460. The highest BCUT2D eigenvalue weighted by molar-refractivity contribution is 5.43. The Hall–Kier alpha value is -2.74. The van der Waals surface area contributed by atoms with Crippen molar-refractivity contribution in [3.05, 3.63) is 95.6 Å². The molecule has 0 unspecified atom stereocenters. The number of hydrogen-bond donors (Lipinski definition) is 0. The van der Waals surface area contributed by atoms with E-state index >= 15 is 0 Å². The van der Waals surface area contributed by atoms with Crippen LogP contribution in [-0.4, -0.2) is 0 Å². The largest absolute Gasteiger partial charge is 0.485 e. The lowest BCUT2D eigenvalue weighted by atomic mass is 10.1. The topological polar surface area (TPSA) is 18.5 Å². The molecule has 0 amide bonds. The van der Waals surface area contributed by atoms with Crippen LogP contribution in [0.1, 0.15) is 36.5 Å². The average Bonchev–Trinajstić information content (AvgIpc) is 2.71. The smallest absolute Gasteiger partial charge is 0.161 e. The second-order valence-electron chi connectivity index (χ2n) is 6.43. The Morgan fingerprint density at radius 2 is 1.19 bits per heavy atom. The maximum absolute atomic E-state index is 6.11. The summed E-state index contributed by atoms with van der Waals surface area (Å²) in [6.45, 7) is 3.29. The van der Waals surface area contributed by atoms with Crippen LogP contribution in [0.2, 0.25) is 0 Å². The predicted molar refractivity (Wildman–Crippen MR) is 107 cm³/mol. The Balaban J connectivity index is 1.73. The summed E-state index contributed by atoms with van der Waals surface area (Å²) >= 11 is 0. The van der Waals surface area contributed by atoms with Crippen molar-refractivity contribution in [1.82, 2.24) is 0 Å². The molecular weight excluding hydrogens is 320 g/mol. The predicted octanol–water partition coefficient (Wildman–Crippen LogP) is 6.19. The monoisotopic (exact) mass is 346 g/mol. The van der Waals surface area contributed by atoms with Crippen molar-refractivity contribution in [3.63, 3.8) is 0 Å². The summed E-state index contributed by atoms with van der Waals surface area (Å²) in [5.74, 6) is 1.61. The van der Waals surface area contributed by atoms with E-state index in [4.69, 9.17) is 9.47 Å². The van der Waals surface area contributed by atoms with Gasteiger partial charge in [-0.05, 0) is 41.7 Å². The molecule has 0 aromatic heterocycles. The van der Waals surface area contributed by atoms with Gasteiger partial charge in [0.1, 0.15) is 13.2 Å². The highest BCUT2D eigenvalue weighted by Gasteiger charge is 2.08. The molecule has 0 radical (unpaired) electrons. The van der Waals surface area contributed by atoms with Gasteiger partial charge in [-0.1, -0.05) is 80.1 Å². The van der Waals surface area contributed by atoms with Crippen LogP contribution in [0.25, 0.3) is 0 Å². The van der Waals surface area contributed by atoms with E-state index < -0.39 is 0 Å². The lowest BCUT2D eigenvalue weighted by Crippen LogP contribution is -2.01. The van der Waals surface area contributed by atoms with E-state index in [2.05, 4.69) is 43.3 Å². The molecule has 2 nitrogen and oxygen atoms in total.